The Labute approximate surface area is 105 Å². The van der Waals surface area contributed by atoms with E-state index in [9.17, 15) is 0 Å². The second-order valence-electron chi connectivity index (χ2n) is 4.73. The summed E-state index contributed by atoms with van der Waals surface area (Å²) >= 11 is 3.48. The number of amidine groups is 1. The molecule has 88 valence electrons. The fourth-order valence-corrected chi connectivity index (χ4v) is 3.42. The van der Waals surface area contributed by atoms with E-state index in [1.54, 1.807) is 23.1 Å². The number of thioether (sulfide) groups is 1. The molecule has 16 heavy (non-hydrogen) atoms. The van der Waals surface area contributed by atoms with E-state index in [1.165, 1.54) is 0 Å². The first-order valence-electron chi connectivity index (χ1n) is 5.37. The molecule has 2 rings (SSSR count). The average molecular weight is 255 g/mol. The van der Waals surface area contributed by atoms with Crippen LogP contribution in [-0.4, -0.2) is 21.4 Å². The van der Waals surface area contributed by atoms with E-state index in [-0.39, 0.29) is 11.6 Å². The predicted molar refractivity (Wildman–Crippen MR) is 72.4 cm³/mol. The van der Waals surface area contributed by atoms with Gasteiger partial charge in [0.1, 0.15) is 11.0 Å². The third-order valence-corrected chi connectivity index (χ3v) is 4.80. The third-order valence-electron chi connectivity index (χ3n) is 2.32. The second kappa shape index (κ2) is 4.37. The highest BCUT2D eigenvalue weighted by molar-refractivity contribution is 8.14. The lowest BCUT2D eigenvalue weighted by Gasteiger charge is -2.16. The van der Waals surface area contributed by atoms with Crippen molar-refractivity contribution >= 4 is 28.3 Å². The third kappa shape index (κ3) is 2.77. The monoisotopic (exact) mass is 255 g/mol. The van der Waals surface area contributed by atoms with Gasteiger partial charge in [0.05, 0.1) is 0 Å². The van der Waals surface area contributed by atoms with Crippen molar-refractivity contribution in [2.24, 2.45) is 4.99 Å². The van der Waals surface area contributed by atoms with Crippen molar-refractivity contribution in [2.45, 2.75) is 39.3 Å². The summed E-state index contributed by atoms with van der Waals surface area (Å²) < 4.78 is 0. The zero-order chi connectivity index (χ0) is 11.8. The standard InChI is InChI=1S/C11H17N3S2/c1-7-5-15-9(12-7)8(2)13-10-14-11(3,4)6-16-10/h5,8H,6H2,1-4H3,(H,13,14). The van der Waals surface area contributed by atoms with Crippen LogP contribution in [-0.2, 0) is 0 Å². The molecule has 0 amide bonds. The molecule has 1 unspecified atom stereocenters. The Morgan fingerprint density at radius 3 is 2.81 bits per heavy atom. The summed E-state index contributed by atoms with van der Waals surface area (Å²) in [5.41, 5.74) is 1.25. The number of aryl methyl sites for hydroxylation is 1. The van der Waals surface area contributed by atoms with E-state index in [0.29, 0.717) is 0 Å². The van der Waals surface area contributed by atoms with E-state index >= 15 is 0 Å². The number of hydrogen-bond donors (Lipinski definition) is 1. The molecule has 1 aliphatic heterocycles. The molecule has 1 aliphatic rings. The van der Waals surface area contributed by atoms with Crippen molar-refractivity contribution < 1.29 is 0 Å². The van der Waals surface area contributed by atoms with Gasteiger partial charge in [-0.25, -0.2) is 4.98 Å². The predicted octanol–water partition coefficient (Wildman–Crippen LogP) is 2.98. The van der Waals surface area contributed by atoms with Crippen molar-refractivity contribution in [2.75, 3.05) is 5.75 Å². The van der Waals surface area contributed by atoms with E-state index in [1.807, 2.05) is 6.92 Å². The lowest BCUT2D eigenvalue weighted by molar-refractivity contribution is 0.535. The van der Waals surface area contributed by atoms with Gasteiger partial charge in [0, 0.05) is 22.4 Å². The molecule has 0 aliphatic carbocycles. The molecule has 1 atom stereocenters. The van der Waals surface area contributed by atoms with Crippen LogP contribution < -0.4 is 5.32 Å². The van der Waals surface area contributed by atoms with Gasteiger partial charge in [0.15, 0.2) is 5.17 Å². The molecule has 1 aromatic heterocycles. The van der Waals surface area contributed by atoms with Crippen LogP contribution >= 0.6 is 23.1 Å². The quantitative estimate of drug-likeness (QED) is 0.882. The van der Waals surface area contributed by atoms with E-state index in [0.717, 1.165) is 21.6 Å². The van der Waals surface area contributed by atoms with E-state index in [4.69, 9.17) is 0 Å². The number of hydrogen-bond acceptors (Lipinski definition) is 4. The maximum absolute atomic E-state index is 4.67. The molecular formula is C11H17N3S2. The molecule has 0 saturated carbocycles. The topological polar surface area (TPSA) is 37.3 Å². The fourth-order valence-electron chi connectivity index (χ4n) is 1.48. The largest absolute Gasteiger partial charge is 0.359 e. The van der Waals surface area contributed by atoms with Gasteiger partial charge < -0.3 is 5.32 Å². The van der Waals surface area contributed by atoms with Gasteiger partial charge in [-0.15, -0.1) is 11.3 Å². The van der Waals surface area contributed by atoms with E-state index in [2.05, 4.69) is 41.4 Å². The van der Waals surface area contributed by atoms with Crippen molar-refractivity contribution in [3.8, 4) is 0 Å². The second-order valence-corrected chi connectivity index (χ2v) is 6.59. The number of aliphatic imine (C=N–C) groups is 1. The van der Waals surface area contributed by atoms with Gasteiger partial charge in [-0.3, -0.25) is 4.99 Å². The normalized spacial score (nSPS) is 23.4. The van der Waals surface area contributed by atoms with Crippen molar-refractivity contribution in [1.82, 2.24) is 10.3 Å². The van der Waals surface area contributed by atoms with Crippen LogP contribution in [0.1, 0.15) is 37.5 Å². The molecule has 1 N–H and O–H groups in total. The molecule has 0 radical (unpaired) electrons. The summed E-state index contributed by atoms with van der Waals surface area (Å²) in [5.74, 6) is 1.08. The summed E-state index contributed by atoms with van der Waals surface area (Å²) in [4.78, 5) is 9.14. The van der Waals surface area contributed by atoms with Crippen LogP contribution in [0.2, 0.25) is 0 Å². The van der Waals surface area contributed by atoms with Crippen molar-refractivity contribution in [3.05, 3.63) is 16.1 Å². The molecule has 1 fully saturated rings. The van der Waals surface area contributed by atoms with Crippen LogP contribution in [0, 0.1) is 6.92 Å². The number of nitrogens with zero attached hydrogens (tertiary/aromatic N) is 2. The number of thiazole rings is 1. The molecular weight excluding hydrogens is 238 g/mol. The van der Waals surface area contributed by atoms with Crippen LogP contribution in [0.15, 0.2) is 10.4 Å². The Hall–Kier alpha value is -0.550. The smallest absolute Gasteiger partial charge is 0.157 e. The molecule has 1 saturated heterocycles. The highest BCUT2D eigenvalue weighted by atomic mass is 32.2. The first-order chi connectivity index (χ1) is 7.46. The van der Waals surface area contributed by atoms with Gasteiger partial charge in [0.2, 0.25) is 0 Å². The highest BCUT2D eigenvalue weighted by Crippen LogP contribution is 2.26. The zero-order valence-electron chi connectivity index (χ0n) is 10.1. The van der Waals surface area contributed by atoms with Crippen molar-refractivity contribution in [3.63, 3.8) is 0 Å². The molecule has 0 spiro atoms. The van der Waals surface area contributed by atoms with Gasteiger partial charge in [0.25, 0.3) is 0 Å². The van der Waals surface area contributed by atoms with Gasteiger partial charge in [-0.2, -0.15) is 0 Å². The van der Waals surface area contributed by atoms with Gasteiger partial charge >= 0.3 is 0 Å². The minimum absolute atomic E-state index is 0.155. The van der Waals surface area contributed by atoms with Crippen LogP contribution in [0.5, 0.6) is 0 Å². The highest BCUT2D eigenvalue weighted by Gasteiger charge is 2.27. The molecule has 1 aromatic rings. The fraction of sp³-hybridized carbons (Fsp3) is 0.636. The molecule has 0 bridgehead atoms. The Kier molecular flexibility index (Phi) is 3.26. The lowest BCUT2D eigenvalue weighted by Crippen LogP contribution is -2.37. The SMILES string of the molecule is Cc1csc(C(C)N=C2NC(C)(C)CS2)n1. The van der Waals surface area contributed by atoms with Gasteiger partial charge in [-0.1, -0.05) is 11.8 Å². The van der Waals surface area contributed by atoms with Crippen LogP contribution in [0.3, 0.4) is 0 Å². The zero-order valence-corrected chi connectivity index (χ0v) is 11.7. The first-order valence-corrected chi connectivity index (χ1v) is 7.24. The molecule has 3 nitrogen and oxygen atoms in total. The Morgan fingerprint density at radius 1 is 1.56 bits per heavy atom. The minimum atomic E-state index is 0.155. The van der Waals surface area contributed by atoms with E-state index < -0.39 is 0 Å². The summed E-state index contributed by atoms with van der Waals surface area (Å²) in [6.45, 7) is 8.51. The summed E-state index contributed by atoms with van der Waals surface area (Å²) in [6.07, 6.45) is 0. The molecule has 0 aromatic carbocycles. The Bertz CT molecular complexity index is 409. The molecule has 5 heteroatoms. The lowest BCUT2D eigenvalue weighted by atomic mass is 10.1. The first kappa shape index (κ1) is 11.9. The van der Waals surface area contributed by atoms with Crippen LogP contribution in [0.4, 0.5) is 0 Å². The Balaban J connectivity index is 2.07. The maximum Gasteiger partial charge on any atom is 0.157 e. The number of rotatable bonds is 2. The van der Waals surface area contributed by atoms with Crippen LogP contribution in [0.25, 0.3) is 0 Å². The number of nitrogens with one attached hydrogen (secondary N) is 1. The van der Waals surface area contributed by atoms with Crippen molar-refractivity contribution in [1.29, 1.82) is 0 Å². The Morgan fingerprint density at radius 2 is 2.31 bits per heavy atom. The summed E-state index contributed by atoms with van der Waals surface area (Å²) in [6, 6.07) is 0.155. The minimum Gasteiger partial charge on any atom is -0.359 e. The maximum atomic E-state index is 4.67. The average Bonchev–Trinajstić information content (AvgIpc) is 2.73. The van der Waals surface area contributed by atoms with Gasteiger partial charge in [-0.05, 0) is 27.7 Å². The summed E-state index contributed by atoms with van der Waals surface area (Å²) in [7, 11) is 0. The molecule has 2 heterocycles. The summed E-state index contributed by atoms with van der Waals surface area (Å²) in [5, 5.41) is 7.64. The number of aromatic nitrogens is 1.